The number of hydrogen-bond donors (Lipinski definition) is 1. The minimum atomic E-state index is -0.489. The zero-order valence-corrected chi connectivity index (χ0v) is 13.1. The Labute approximate surface area is 133 Å². The number of para-hydroxylation sites is 1. The molecule has 2 aromatic carbocycles. The number of nitrogens with two attached hydrogens (primary N) is 1. The molecule has 21 heavy (non-hydrogen) atoms. The molecule has 0 aliphatic carbocycles. The summed E-state index contributed by atoms with van der Waals surface area (Å²) in [6, 6.07) is 9.72. The van der Waals surface area contributed by atoms with E-state index >= 15 is 0 Å². The van der Waals surface area contributed by atoms with Gasteiger partial charge in [0.2, 0.25) is 0 Å². The van der Waals surface area contributed by atoms with Crippen molar-refractivity contribution >= 4 is 23.2 Å². The van der Waals surface area contributed by atoms with Crippen molar-refractivity contribution in [1.82, 2.24) is 0 Å². The third-order valence-electron chi connectivity index (χ3n) is 3.17. The molecule has 0 amide bonds. The molecule has 1 atom stereocenters. The van der Waals surface area contributed by atoms with Gasteiger partial charge >= 0.3 is 0 Å². The summed E-state index contributed by atoms with van der Waals surface area (Å²) in [5, 5.41) is 0.489. The van der Waals surface area contributed by atoms with Crippen LogP contribution in [0, 0.1) is 5.82 Å². The second-order valence-electron chi connectivity index (χ2n) is 4.78. The van der Waals surface area contributed by atoms with Crippen LogP contribution in [0.5, 0.6) is 11.5 Å². The lowest BCUT2D eigenvalue weighted by Crippen LogP contribution is -2.21. The molecule has 0 fully saturated rings. The molecule has 2 aromatic rings. The average molecular weight is 328 g/mol. The molecule has 0 aliphatic heterocycles. The minimum Gasteiger partial charge on any atom is -0.455 e. The lowest BCUT2D eigenvalue weighted by atomic mass is 10.0. The summed E-state index contributed by atoms with van der Waals surface area (Å²) in [5.74, 6) is 0.475. The van der Waals surface area contributed by atoms with E-state index < -0.39 is 5.82 Å². The topological polar surface area (TPSA) is 35.2 Å². The third kappa shape index (κ3) is 4.10. The van der Waals surface area contributed by atoms with Gasteiger partial charge in [-0.05, 0) is 36.6 Å². The minimum absolute atomic E-state index is 0.00589. The van der Waals surface area contributed by atoms with Gasteiger partial charge in [-0.2, -0.15) is 0 Å². The number of ether oxygens (including phenoxy) is 1. The molecule has 2 rings (SSSR count). The van der Waals surface area contributed by atoms with Crippen LogP contribution in [0.1, 0.15) is 18.9 Å². The summed E-state index contributed by atoms with van der Waals surface area (Å²) < 4.78 is 19.0. The quantitative estimate of drug-likeness (QED) is 0.818. The maximum absolute atomic E-state index is 13.2. The molecule has 0 spiro atoms. The number of benzene rings is 2. The van der Waals surface area contributed by atoms with E-state index in [1.807, 2.05) is 19.1 Å². The predicted molar refractivity (Wildman–Crippen MR) is 84.9 cm³/mol. The largest absolute Gasteiger partial charge is 0.455 e. The Morgan fingerprint density at radius 1 is 1.19 bits per heavy atom. The summed E-state index contributed by atoms with van der Waals surface area (Å²) in [7, 11) is 0. The summed E-state index contributed by atoms with van der Waals surface area (Å²) in [4.78, 5) is 0. The van der Waals surface area contributed by atoms with E-state index in [2.05, 4.69) is 0 Å². The van der Waals surface area contributed by atoms with Crippen molar-refractivity contribution in [2.45, 2.75) is 25.8 Å². The van der Waals surface area contributed by atoms with Crippen LogP contribution < -0.4 is 10.5 Å². The molecular weight excluding hydrogens is 312 g/mol. The second kappa shape index (κ2) is 7.12. The monoisotopic (exact) mass is 327 g/mol. The summed E-state index contributed by atoms with van der Waals surface area (Å²) in [5.41, 5.74) is 6.91. The molecule has 2 nitrogen and oxygen atoms in total. The fourth-order valence-electron chi connectivity index (χ4n) is 1.91. The number of rotatable bonds is 5. The SMILES string of the molecule is CCC(N)Cc1cccc(Cl)c1Oc1ccc(F)c(Cl)c1. The lowest BCUT2D eigenvalue weighted by molar-refractivity contribution is 0.470. The van der Waals surface area contributed by atoms with Gasteiger partial charge in [0.15, 0.2) is 0 Å². The van der Waals surface area contributed by atoms with Gasteiger partial charge in [-0.3, -0.25) is 0 Å². The summed E-state index contributed by atoms with van der Waals surface area (Å²) >= 11 is 12.0. The van der Waals surface area contributed by atoms with Gasteiger partial charge in [-0.15, -0.1) is 0 Å². The van der Waals surface area contributed by atoms with Gasteiger partial charge in [0.1, 0.15) is 17.3 Å². The highest BCUT2D eigenvalue weighted by molar-refractivity contribution is 6.32. The smallest absolute Gasteiger partial charge is 0.149 e. The first-order chi connectivity index (χ1) is 10.0. The molecule has 0 aliphatic rings. The van der Waals surface area contributed by atoms with E-state index in [-0.39, 0.29) is 11.1 Å². The van der Waals surface area contributed by atoms with Gasteiger partial charge in [-0.1, -0.05) is 42.3 Å². The first-order valence-electron chi connectivity index (χ1n) is 6.67. The Morgan fingerprint density at radius 3 is 2.62 bits per heavy atom. The Hall–Kier alpha value is -1.29. The molecule has 0 aromatic heterocycles. The van der Waals surface area contributed by atoms with Crippen molar-refractivity contribution in [3.63, 3.8) is 0 Å². The van der Waals surface area contributed by atoms with E-state index in [0.29, 0.717) is 22.9 Å². The van der Waals surface area contributed by atoms with Crippen LogP contribution in [-0.4, -0.2) is 6.04 Å². The highest BCUT2D eigenvalue weighted by atomic mass is 35.5. The second-order valence-corrected chi connectivity index (χ2v) is 5.59. The fraction of sp³-hybridized carbons (Fsp3) is 0.250. The van der Waals surface area contributed by atoms with Gasteiger partial charge in [0, 0.05) is 12.1 Å². The van der Waals surface area contributed by atoms with Gasteiger partial charge < -0.3 is 10.5 Å². The van der Waals surface area contributed by atoms with Crippen molar-refractivity contribution in [3.8, 4) is 11.5 Å². The van der Waals surface area contributed by atoms with Crippen LogP contribution in [0.25, 0.3) is 0 Å². The van der Waals surface area contributed by atoms with Crippen molar-refractivity contribution in [2.75, 3.05) is 0 Å². The first-order valence-corrected chi connectivity index (χ1v) is 7.42. The molecule has 0 radical (unpaired) electrons. The fourth-order valence-corrected chi connectivity index (χ4v) is 2.32. The molecule has 0 bridgehead atoms. The van der Waals surface area contributed by atoms with Crippen LogP contribution in [0.2, 0.25) is 10.0 Å². The average Bonchev–Trinajstić information content (AvgIpc) is 2.46. The summed E-state index contributed by atoms with van der Waals surface area (Å²) in [6.45, 7) is 2.02. The van der Waals surface area contributed by atoms with E-state index in [0.717, 1.165) is 12.0 Å². The molecule has 1 unspecified atom stereocenters. The van der Waals surface area contributed by atoms with Crippen LogP contribution in [0.15, 0.2) is 36.4 Å². The van der Waals surface area contributed by atoms with Crippen LogP contribution in [-0.2, 0) is 6.42 Å². The molecular formula is C16H16Cl2FNO. The molecule has 112 valence electrons. The van der Waals surface area contributed by atoms with Crippen molar-refractivity contribution in [2.24, 2.45) is 5.73 Å². The Kier molecular flexibility index (Phi) is 5.45. The van der Waals surface area contributed by atoms with Crippen LogP contribution in [0.4, 0.5) is 4.39 Å². The standard InChI is InChI=1S/C16H16Cl2FNO/c1-2-11(20)8-10-4-3-5-13(17)16(10)21-12-6-7-15(19)14(18)9-12/h3-7,9,11H,2,8,20H2,1H3. The highest BCUT2D eigenvalue weighted by Gasteiger charge is 2.13. The normalized spacial score (nSPS) is 12.2. The van der Waals surface area contributed by atoms with Gasteiger partial charge in [0.25, 0.3) is 0 Å². The van der Waals surface area contributed by atoms with E-state index in [4.69, 9.17) is 33.7 Å². The van der Waals surface area contributed by atoms with E-state index in [1.54, 1.807) is 6.07 Å². The Bertz CT molecular complexity index is 634. The number of halogens is 3. The van der Waals surface area contributed by atoms with Crippen LogP contribution in [0.3, 0.4) is 0 Å². The van der Waals surface area contributed by atoms with Crippen molar-refractivity contribution < 1.29 is 9.13 Å². The first kappa shape index (κ1) is 16.1. The maximum Gasteiger partial charge on any atom is 0.149 e. The van der Waals surface area contributed by atoms with Gasteiger partial charge in [0.05, 0.1) is 10.0 Å². The molecule has 0 saturated carbocycles. The zero-order chi connectivity index (χ0) is 15.4. The Morgan fingerprint density at radius 2 is 1.95 bits per heavy atom. The van der Waals surface area contributed by atoms with Crippen molar-refractivity contribution in [3.05, 3.63) is 57.8 Å². The molecule has 0 saturated heterocycles. The molecule has 2 N–H and O–H groups in total. The molecule has 0 heterocycles. The summed E-state index contributed by atoms with van der Waals surface area (Å²) in [6.07, 6.45) is 1.51. The predicted octanol–water partition coefficient (Wildman–Crippen LogP) is 5.20. The highest BCUT2D eigenvalue weighted by Crippen LogP contribution is 2.34. The van der Waals surface area contributed by atoms with Crippen molar-refractivity contribution in [1.29, 1.82) is 0 Å². The van der Waals surface area contributed by atoms with Crippen LogP contribution >= 0.6 is 23.2 Å². The maximum atomic E-state index is 13.2. The Balaban J connectivity index is 2.31. The zero-order valence-electron chi connectivity index (χ0n) is 11.6. The van der Waals surface area contributed by atoms with E-state index in [1.165, 1.54) is 18.2 Å². The van der Waals surface area contributed by atoms with E-state index in [9.17, 15) is 4.39 Å². The third-order valence-corrected chi connectivity index (χ3v) is 3.75. The lowest BCUT2D eigenvalue weighted by Gasteiger charge is -2.15. The molecule has 5 heteroatoms. The van der Waals surface area contributed by atoms with Gasteiger partial charge in [-0.25, -0.2) is 4.39 Å². The number of hydrogen-bond acceptors (Lipinski definition) is 2.